The zero-order chi connectivity index (χ0) is 12.1. The van der Waals surface area contributed by atoms with Crippen LogP contribution in [0.15, 0.2) is 24.3 Å². The van der Waals surface area contributed by atoms with Crippen LogP contribution < -0.4 is 5.73 Å². The van der Waals surface area contributed by atoms with E-state index < -0.39 is 0 Å². The fourth-order valence-electron chi connectivity index (χ4n) is 1.44. The third-order valence-corrected chi connectivity index (χ3v) is 2.28. The second-order valence-corrected chi connectivity index (χ2v) is 4.33. The van der Waals surface area contributed by atoms with E-state index in [9.17, 15) is 4.79 Å². The van der Waals surface area contributed by atoms with Crippen molar-refractivity contribution in [3.05, 3.63) is 29.8 Å². The molecule has 1 atom stereocenters. The van der Waals surface area contributed by atoms with Crippen LogP contribution in [-0.2, 0) is 16.0 Å². The molecule has 0 aromatic heterocycles. The van der Waals surface area contributed by atoms with Gasteiger partial charge in [0.1, 0.15) is 0 Å². The number of carbonyl (C=O) groups is 1. The lowest BCUT2D eigenvalue weighted by Gasteiger charge is -2.13. The average Bonchev–Trinajstić information content (AvgIpc) is 2.20. The third-order valence-electron chi connectivity index (χ3n) is 2.28. The Morgan fingerprint density at radius 1 is 1.25 bits per heavy atom. The van der Waals surface area contributed by atoms with Crippen molar-refractivity contribution in [3.8, 4) is 0 Å². The molecule has 0 aliphatic heterocycles. The van der Waals surface area contributed by atoms with Gasteiger partial charge >= 0.3 is 5.97 Å². The maximum Gasteiger partial charge on any atom is 0.309 e. The highest BCUT2D eigenvalue weighted by Gasteiger charge is 2.16. The second-order valence-electron chi connectivity index (χ2n) is 4.33. The van der Waals surface area contributed by atoms with Gasteiger partial charge in [0, 0.05) is 5.69 Å². The summed E-state index contributed by atoms with van der Waals surface area (Å²) in [6.45, 7) is 5.59. The summed E-state index contributed by atoms with van der Waals surface area (Å²) >= 11 is 0. The Morgan fingerprint density at radius 3 is 2.31 bits per heavy atom. The molecule has 16 heavy (non-hydrogen) atoms. The maximum atomic E-state index is 11.6. The van der Waals surface area contributed by atoms with Crippen molar-refractivity contribution in [1.82, 2.24) is 0 Å². The zero-order valence-electron chi connectivity index (χ0n) is 10.1. The fraction of sp³-hybridized carbons (Fsp3) is 0.462. The first-order chi connectivity index (χ1) is 7.49. The number of rotatable bonds is 4. The van der Waals surface area contributed by atoms with Crippen molar-refractivity contribution in [1.29, 1.82) is 0 Å². The molecule has 0 amide bonds. The van der Waals surface area contributed by atoms with E-state index in [2.05, 4.69) is 0 Å². The number of anilines is 1. The number of esters is 1. The zero-order valence-corrected chi connectivity index (χ0v) is 10.1. The van der Waals surface area contributed by atoms with Gasteiger partial charge in [-0.25, -0.2) is 0 Å². The van der Waals surface area contributed by atoms with Gasteiger partial charge in [0.2, 0.25) is 0 Å². The molecule has 0 aliphatic carbocycles. The number of benzene rings is 1. The highest BCUT2D eigenvalue weighted by molar-refractivity contribution is 5.72. The van der Waals surface area contributed by atoms with Crippen LogP contribution in [0, 0.1) is 5.92 Å². The van der Waals surface area contributed by atoms with Gasteiger partial charge in [0.25, 0.3) is 0 Å². The molecular weight excluding hydrogens is 202 g/mol. The minimum absolute atomic E-state index is 0.0543. The molecule has 3 heteroatoms. The predicted molar refractivity (Wildman–Crippen MR) is 65.0 cm³/mol. The molecule has 0 radical (unpaired) electrons. The molecule has 0 heterocycles. The lowest BCUT2D eigenvalue weighted by Crippen LogP contribution is -2.20. The van der Waals surface area contributed by atoms with Crippen molar-refractivity contribution in [3.63, 3.8) is 0 Å². The number of carbonyl (C=O) groups excluding carboxylic acids is 1. The Kier molecular flexibility index (Phi) is 4.35. The predicted octanol–water partition coefficient (Wildman–Crippen LogP) is 2.40. The van der Waals surface area contributed by atoms with E-state index in [1.807, 2.05) is 45.0 Å². The number of nitrogens with two attached hydrogens (primary N) is 1. The standard InChI is InChI=1S/C13H19NO2/c1-9(2)16-13(15)10(3)8-11-4-6-12(14)7-5-11/h4-7,9-10H,8,14H2,1-3H3/t10-/m0/s1. The van der Waals surface area contributed by atoms with Crippen LogP contribution in [0.3, 0.4) is 0 Å². The average molecular weight is 221 g/mol. The number of nitrogen functional groups attached to an aromatic ring is 1. The van der Waals surface area contributed by atoms with E-state index in [1.165, 1.54) is 0 Å². The molecule has 3 nitrogen and oxygen atoms in total. The lowest BCUT2D eigenvalue weighted by molar-refractivity contribution is -0.151. The molecule has 2 N–H and O–H groups in total. The number of hydrogen-bond acceptors (Lipinski definition) is 3. The third kappa shape index (κ3) is 3.93. The molecule has 0 saturated carbocycles. The Balaban J connectivity index is 2.53. The maximum absolute atomic E-state index is 11.6. The second kappa shape index (κ2) is 5.54. The Morgan fingerprint density at radius 2 is 1.81 bits per heavy atom. The quantitative estimate of drug-likeness (QED) is 0.627. The van der Waals surface area contributed by atoms with Gasteiger partial charge in [0.05, 0.1) is 12.0 Å². The van der Waals surface area contributed by atoms with Crippen LogP contribution in [-0.4, -0.2) is 12.1 Å². The summed E-state index contributed by atoms with van der Waals surface area (Å²) in [5, 5.41) is 0. The van der Waals surface area contributed by atoms with Gasteiger partial charge < -0.3 is 10.5 Å². The van der Waals surface area contributed by atoms with Crippen molar-refractivity contribution in [2.45, 2.75) is 33.3 Å². The smallest absolute Gasteiger partial charge is 0.309 e. The van der Waals surface area contributed by atoms with Gasteiger partial charge in [-0.2, -0.15) is 0 Å². The van der Waals surface area contributed by atoms with Crippen LogP contribution in [0.25, 0.3) is 0 Å². The molecule has 0 aliphatic rings. The summed E-state index contributed by atoms with van der Waals surface area (Å²) in [4.78, 5) is 11.6. The molecule has 0 spiro atoms. The Hall–Kier alpha value is -1.51. The minimum Gasteiger partial charge on any atom is -0.463 e. The SMILES string of the molecule is CC(C)OC(=O)[C@@H](C)Cc1ccc(N)cc1. The fourth-order valence-corrected chi connectivity index (χ4v) is 1.44. The lowest BCUT2D eigenvalue weighted by atomic mass is 10.0. The first-order valence-electron chi connectivity index (χ1n) is 5.54. The summed E-state index contributed by atoms with van der Waals surface area (Å²) in [5.74, 6) is -0.266. The van der Waals surface area contributed by atoms with Crippen molar-refractivity contribution in [2.75, 3.05) is 5.73 Å². The molecule has 0 saturated heterocycles. The van der Waals surface area contributed by atoms with Crippen LogP contribution >= 0.6 is 0 Å². The van der Waals surface area contributed by atoms with Crippen LogP contribution in [0.1, 0.15) is 26.3 Å². The van der Waals surface area contributed by atoms with E-state index in [-0.39, 0.29) is 18.0 Å². The molecule has 0 fully saturated rings. The van der Waals surface area contributed by atoms with Gasteiger partial charge in [-0.05, 0) is 38.0 Å². The summed E-state index contributed by atoms with van der Waals surface area (Å²) in [5.41, 5.74) is 7.43. The van der Waals surface area contributed by atoms with Crippen LogP contribution in [0.2, 0.25) is 0 Å². The number of hydrogen-bond donors (Lipinski definition) is 1. The van der Waals surface area contributed by atoms with E-state index in [1.54, 1.807) is 0 Å². The summed E-state index contributed by atoms with van der Waals surface area (Å²) < 4.78 is 5.14. The first-order valence-corrected chi connectivity index (χ1v) is 5.54. The van der Waals surface area contributed by atoms with Crippen LogP contribution in [0.5, 0.6) is 0 Å². The van der Waals surface area contributed by atoms with Gasteiger partial charge in [-0.1, -0.05) is 19.1 Å². The normalized spacial score (nSPS) is 12.5. The van der Waals surface area contributed by atoms with Crippen LogP contribution in [0.4, 0.5) is 5.69 Å². The summed E-state index contributed by atoms with van der Waals surface area (Å²) in [7, 11) is 0. The van der Waals surface area contributed by atoms with E-state index >= 15 is 0 Å². The van der Waals surface area contributed by atoms with E-state index in [0.29, 0.717) is 6.42 Å². The van der Waals surface area contributed by atoms with Crippen molar-refractivity contribution >= 4 is 11.7 Å². The topological polar surface area (TPSA) is 52.3 Å². The highest BCUT2D eigenvalue weighted by Crippen LogP contribution is 2.12. The Bertz CT molecular complexity index is 343. The molecule has 1 aromatic rings. The summed E-state index contributed by atoms with van der Waals surface area (Å²) in [6.07, 6.45) is 0.632. The Labute approximate surface area is 96.6 Å². The first kappa shape index (κ1) is 12.6. The van der Waals surface area contributed by atoms with Gasteiger partial charge in [-0.15, -0.1) is 0 Å². The molecular formula is C13H19NO2. The molecule has 1 aromatic carbocycles. The minimum atomic E-state index is -0.146. The molecule has 0 unspecified atom stereocenters. The van der Waals surface area contributed by atoms with E-state index in [0.717, 1.165) is 11.3 Å². The molecule has 0 bridgehead atoms. The van der Waals surface area contributed by atoms with Crippen molar-refractivity contribution < 1.29 is 9.53 Å². The highest BCUT2D eigenvalue weighted by atomic mass is 16.5. The van der Waals surface area contributed by atoms with Gasteiger partial charge in [-0.3, -0.25) is 4.79 Å². The summed E-state index contributed by atoms with van der Waals surface area (Å²) in [6, 6.07) is 7.56. The molecule has 88 valence electrons. The largest absolute Gasteiger partial charge is 0.463 e. The molecule has 1 rings (SSSR count). The van der Waals surface area contributed by atoms with E-state index in [4.69, 9.17) is 10.5 Å². The van der Waals surface area contributed by atoms with Gasteiger partial charge in [0.15, 0.2) is 0 Å². The van der Waals surface area contributed by atoms with Crippen molar-refractivity contribution in [2.24, 2.45) is 5.92 Å². The number of ether oxygens (including phenoxy) is 1. The monoisotopic (exact) mass is 221 g/mol.